The maximum atomic E-state index is 13.1. The molecule has 3 N–H and O–H groups in total. The summed E-state index contributed by atoms with van der Waals surface area (Å²) in [5, 5.41) is 16.6. The molecule has 10 nitrogen and oxygen atoms in total. The molecule has 1 aliphatic heterocycles. The van der Waals surface area contributed by atoms with Crippen LogP contribution in [0, 0.1) is 11.8 Å². The number of Topliss-reactive ketones (excluding diaryl/α,β-unsaturated/α-hetero) is 1. The highest BCUT2D eigenvalue weighted by Crippen LogP contribution is 2.25. The van der Waals surface area contributed by atoms with Crippen molar-refractivity contribution in [2.75, 3.05) is 7.11 Å². The van der Waals surface area contributed by atoms with E-state index in [1.807, 2.05) is 6.08 Å². The van der Waals surface area contributed by atoms with Gasteiger partial charge in [0.15, 0.2) is 5.78 Å². The number of ether oxygens (including phenoxy) is 2. The van der Waals surface area contributed by atoms with E-state index in [2.05, 4.69) is 10.6 Å². The van der Waals surface area contributed by atoms with E-state index in [9.17, 15) is 29.1 Å². The number of rotatable bonds is 5. The minimum Gasteiger partial charge on any atom is -0.460 e. The summed E-state index contributed by atoms with van der Waals surface area (Å²) in [5.74, 6) is -2.59. The Bertz CT molecular complexity index is 1310. The highest BCUT2D eigenvalue weighted by atomic mass is 16.5. The number of aliphatic hydroxyl groups excluding tert-OH is 1. The van der Waals surface area contributed by atoms with Crippen molar-refractivity contribution in [3.05, 3.63) is 71.5 Å². The molecule has 2 aliphatic carbocycles. The monoisotopic (exact) mass is 636 g/mol. The lowest BCUT2D eigenvalue weighted by molar-refractivity contribution is -0.156. The SMILES string of the molecule is CO[C@@H]1/C=C/C=C/C=C/C[C@H](OC(=O)[C@@H](C)NC(=O)C2CCCCC2)[C@@H](C)[C@H](O)/C(C)=C\CCC2=CC(=O)C=C(NC(=O)C1)C2=O. The predicted octanol–water partition coefficient (Wildman–Crippen LogP) is 4.26. The Balaban J connectivity index is 1.79. The average molecular weight is 637 g/mol. The maximum absolute atomic E-state index is 13.1. The lowest BCUT2D eigenvalue weighted by atomic mass is 9.88. The fraction of sp³-hybridized carbons (Fsp3) is 0.528. The van der Waals surface area contributed by atoms with Crippen molar-refractivity contribution in [1.82, 2.24) is 10.6 Å². The van der Waals surface area contributed by atoms with Gasteiger partial charge in [-0.15, -0.1) is 0 Å². The van der Waals surface area contributed by atoms with Crippen LogP contribution in [-0.2, 0) is 33.4 Å². The number of hydrogen-bond donors (Lipinski definition) is 3. The van der Waals surface area contributed by atoms with Crippen LogP contribution in [0.15, 0.2) is 71.5 Å². The maximum Gasteiger partial charge on any atom is 0.328 e. The van der Waals surface area contributed by atoms with Crippen LogP contribution in [0.5, 0.6) is 0 Å². The number of aliphatic hydroxyl groups is 1. The number of carbonyl (C=O) groups is 5. The van der Waals surface area contributed by atoms with Gasteiger partial charge < -0.3 is 25.2 Å². The third-order valence-electron chi connectivity index (χ3n) is 8.65. The summed E-state index contributed by atoms with van der Waals surface area (Å²) in [6.07, 6.45) is 18.1. The molecule has 10 heteroatoms. The first-order valence-electron chi connectivity index (χ1n) is 16.2. The molecule has 2 bridgehead atoms. The number of carbonyl (C=O) groups excluding carboxylic acids is 5. The predicted molar refractivity (Wildman–Crippen MR) is 174 cm³/mol. The number of methoxy groups -OCH3 is 1. The van der Waals surface area contributed by atoms with Crippen molar-refractivity contribution in [3.8, 4) is 0 Å². The summed E-state index contributed by atoms with van der Waals surface area (Å²) < 4.78 is 11.3. The Kier molecular flexibility index (Phi) is 14.6. The van der Waals surface area contributed by atoms with Gasteiger partial charge in [-0.25, -0.2) is 4.79 Å². The molecular weight excluding hydrogens is 588 g/mol. The number of fused-ring (bicyclic) bond motifs is 2. The highest BCUT2D eigenvalue weighted by Gasteiger charge is 2.31. The van der Waals surface area contributed by atoms with Crippen molar-refractivity contribution >= 4 is 29.4 Å². The number of hydrogen-bond acceptors (Lipinski definition) is 8. The van der Waals surface area contributed by atoms with Crippen molar-refractivity contribution in [3.63, 3.8) is 0 Å². The molecule has 0 unspecified atom stereocenters. The molecule has 5 atom stereocenters. The smallest absolute Gasteiger partial charge is 0.328 e. The van der Waals surface area contributed by atoms with Crippen LogP contribution in [-0.4, -0.2) is 65.9 Å². The molecular formula is C36H48N2O8. The molecule has 0 spiro atoms. The molecule has 2 amide bonds. The third kappa shape index (κ3) is 11.2. The largest absolute Gasteiger partial charge is 0.460 e. The van der Waals surface area contributed by atoms with Gasteiger partial charge in [-0.05, 0) is 51.2 Å². The molecule has 250 valence electrons. The lowest BCUT2D eigenvalue weighted by Gasteiger charge is -2.29. The van der Waals surface area contributed by atoms with Crippen LogP contribution >= 0.6 is 0 Å². The van der Waals surface area contributed by atoms with Gasteiger partial charge in [0, 0.05) is 37.0 Å². The second kappa shape index (κ2) is 18.3. The second-order valence-corrected chi connectivity index (χ2v) is 12.3. The molecule has 46 heavy (non-hydrogen) atoms. The number of amides is 2. The molecule has 0 aromatic rings. The van der Waals surface area contributed by atoms with Gasteiger partial charge in [0.2, 0.25) is 17.6 Å². The zero-order valence-electron chi connectivity index (χ0n) is 27.3. The molecule has 1 saturated carbocycles. The van der Waals surface area contributed by atoms with Crippen LogP contribution in [0.2, 0.25) is 0 Å². The first-order chi connectivity index (χ1) is 22.0. The van der Waals surface area contributed by atoms with Crippen LogP contribution in [0.4, 0.5) is 0 Å². The lowest BCUT2D eigenvalue weighted by Crippen LogP contribution is -2.45. The van der Waals surface area contributed by atoms with E-state index < -0.39 is 53.7 Å². The fourth-order valence-electron chi connectivity index (χ4n) is 5.73. The van der Waals surface area contributed by atoms with Gasteiger partial charge >= 0.3 is 5.97 Å². The Morgan fingerprint density at radius 3 is 2.48 bits per heavy atom. The van der Waals surface area contributed by atoms with Gasteiger partial charge in [-0.3, -0.25) is 19.2 Å². The van der Waals surface area contributed by atoms with Crippen LogP contribution < -0.4 is 10.6 Å². The van der Waals surface area contributed by atoms with E-state index in [0.29, 0.717) is 18.4 Å². The Hall–Kier alpha value is -3.89. The molecule has 0 aromatic carbocycles. The third-order valence-corrected chi connectivity index (χ3v) is 8.65. The van der Waals surface area contributed by atoms with Gasteiger partial charge in [-0.1, -0.05) is 68.7 Å². The van der Waals surface area contributed by atoms with Crippen LogP contribution in [0.1, 0.15) is 78.6 Å². The Morgan fingerprint density at radius 2 is 1.76 bits per heavy atom. The van der Waals surface area contributed by atoms with E-state index in [1.54, 1.807) is 57.2 Å². The summed E-state index contributed by atoms with van der Waals surface area (Å²) in [4.78, 5) is 63.8. The van der Waals surface area contributed by atoms with Crippen LogP contribution in [0.3, 0.4) is 0 Å². The highest BCUT2D eigenvalue weighted by molar-refractivity contribution is 6.21. The zero-order valence-corrected chi connectivity index (χ0v) is 27.3. The number of esters is 1. The van der Waals surface area contributed by atoms with Crippen LogP contribution in [0.25, 0.3) is 0 Å². The standard InChI is InChI=1S/C36H48N2O8/c1-23-14-13-17-27-20-28(39)21-30(34(27)42)38-32(40)22-29(45-4)18-11-6-5-7-12-19-31(24(2)33(23)41)46-36(44)25(3)37-35(43)26-15-9-8-10-16-26/h5-7,11-12,14,18,20-21,24-26,29,31,33,41H,8-10,13,15-17,19,22H2,1-4H3,(H,37,43)(H,38,40)/b6-5+,12-7+,18-11+,23-14-/t24-,25-,29-,31+,33-/m1/s1. The molecule has 0 radical (unpaired) electrons. The van der Waals surface area contributed by atoms with Gasteiger partial charge in [0.05, 0.1) is 24.3 Å². The van der Waals surface area contributed by atoms with E-state index in [0.717, 1.165) is 38.2 Å². The Labute approximate surface area is 271 Å². The number of nitrogens with one attached hydrogen (secondary N) is 2. The normalized spacial score (nSPS) is 29.8. The van der Waals surface area contributed by atoms with Crippen molar-refractivity contribution in [2.45, 2.75) is 103 Å². The molecule has 0 saturated heterocycles. The summed E-state index contributed by atoms with van der Waals surface area (Å²) in [6, 6.07) is -0.840. The van der Waals surface area contributed by atoms with Gasteiger partial charge in [-0.2, -0.15) is 0 Å². The molecule has 0 aromatic heterocycles. The molecule has 3 aliphatic rings. The zero-order chi connectivity index (χ0) is 33.6. The number of ketones is 2. The van der Waals surface area contributed by atoms with E-state index in [4.69, 9.17) is 9.47 Å². The number of allylic oxidation sites excluding steroid dienone is 8. The quantitative estimate of drug-likeness (QED) is 0.230. The van der Waals surface area contributed by atoms with E-state index >= 15 is 0 Å². The van der Waals surface area contributed by atoms with E-state index in [1.165, 1.54) is 13.2 Å². The minimum atomic E-state index is -0.968. The molecule has 3 rings (SSSR count). The van der Waals surface area contributed by atoms with E-state index in [-0.39, 0.29) is 35.9 Å². The average Bonchev–Trinajstić information content (AvgIpc) is 3.04. The second-order valence-electron chi connectivity index (χ2n) is 12.3. The van der Waals surface area contributed by atoms with Crippen molar-refractivity contribution < 1.29 is 38.6 Å². The first kappa shape index (κ1) is 36.6. The van der Waals surface area contributed by atoms with Crippen molar-refractivity contribution in [1.29, 1.82) is 0 Å². The fourth-order valence-corrected chi connectivity index (χ4v) is 5.73. The van der Waals surface area contributed by atoms with Gasteiger partial charge in [0.1, 0.15) is 12.1 Å². The summed E-state index contributed by atoms with van der Waals surface area (Å²) in [5.41, 5.74) is 0.803. The Morgan fingerprint density at radius 1 is 1.04 bits per heavy atom. The summed E-state index contributed by atoms with van der Waals surface area (Å²) >= 11 is 0. The summed E-state index contributed by atoms with van der Waals surface area (Å²) in [7, 11) is 1.47. The topological polar surface area (TPSA) is 148 Å². The molecule has 1 heterocycles. The molecule has 1 fully saturated rings. The minimum absolute atomic E-state index is 0.0567. The van der Waals surface area contributed by atoms with Gasteiger partial charge in [0.25, 0.3) is 0 Å². The first-order valence-corrected chi connectivity index (χ1v) is 16.2. The summed E-state index contributed by atoms with van der Waals surface area (Å²) in [6.45, 7) is 5.16. The van der Waals surface area contributed by atoms with Crippen molar-refractivity contribution in [2.24, 2.45) is 11.8 Å².